The first-order valence-electron chi connectivity index (χ1n) is 6.66. The SMILES string of the molecule is CC(C)=CC(=O)Nc1ccc(N=Nc2ccccc2)cc1. The van der Waals surface area contributed by atoms with E-state index >= 15 is 0 Å². The van der Waals surface area contributed by atoms with Crippen LogP contribution >= 0.6 is 0 Å². The molecule has 0 aliphatic heterocycles. The zero-order chi connectivity index (χ0) is 15.1. The van der Waals surface area contributed by atoms with Gasteiger partial charge in [-0.05, 0) is 50.2 Å². The summed E-state index contributed by atoms with van der Waals surface area (Å²) in [5.74, 6) is -0.131. The lowest BCUT2D eigenvalue weighted by atomic mass is 10.2. The summed E-state index contributed by atoms with van der Waals surface area (Å²) in [7, 11) is 0. The van der Waals surface area contributed by atoms with Gasteiger partial charge in [-0.25, -0.2) is 0 Å². The van der Waals surface area contributed by atoms with Gasteiger partial charge in [0.2, 0.25) is 5.91 Å². The fourth-order valence-electron chi connectivity index (χ4n) is 1.66. The molecule has 0 unspecified atom stereocenters. The second-order valence-corrected chi connectivity index (χ2v) is 4.79. The minimum atomic E-state index is -0.131. The van der Waals surface area contributed by atoms with Crippen molar-refractivity contribution in [3.05, 3.63) is 66.2 Å². The van der Waals surface area contributed by atoms with E-state index < -0.39 is 0 Å². The standard InChI is InChI=1S/C17H17N3O/c1-13(2)12-17(21)18-14-8-10-16(11-9-14)20-19-15-6-4-3-5-7-15/h3-12H,1-2H3,(H,18,21). The molecular formula is C17H17N3O. The molecular weight excluding hydrogens is 262 g/mol. The minimum absolute atomic E-state index is 0.131. The molecule has 106 valence electrons. The first-order chi connectivity index (χ1) is 10.1. The van der Waals surface area contributed by atoms with E-state index in [2.05, 4.69) is 15.5 Å². The quantitative estimate of drug-likeness (QED) is 0.621. The molecule has 0 saturated heterocycles. The molecule has 4 heteroatoms. The zero-order valence-corrected chi connectivity index (χ0v) is 12.1. The Hall–Kier alpha value is -2.75. The number of amides is 1. The van der Waals surface area contributed by atoms with Crippen LogP contribution in [0.25, 0.3) is 0 Å². The first-order valence-corrected chi connectivity index (χ1v) is 6.66. The first kappa shape index (κ1) is 14.7. The molecule has 21 heavy (non-hydrogen) atoms. The molecule has 0 spiro atoms. The summed E-state index contributed by atoms with van der Waals surface area (Å²) in [5, 5.41) is 11.1. The number of nitrogens with zero attached hydrogens (tertiary/aromatic N) is 2. The Morgan fingerprint density at radius 1 is 0.905 bits per heavy atom. The number of anilines is 1. The Bertz CT molecular complexity index is 654. The summed E-state index contributed by atoms with van der Waals surface area (Å²) >= 11 is 0. The van der Waals surface area contributed by atoms with E-state index in [1.54, 1.807) is 18.2 Å². The Kier molecular flexibility index (Phi) is 4.99. The topological polar surface area (TPSA) is 53.8 Å². The van der Waals surface area contributed by atoms with Gasteiger partial charge in [0.15, 0.2) is 0 Å². The van der Waals surface area contributed by atoms with Crippen LogP contribution in [0.1, 0.15) is 13.8 Å². The Balaban J connectivity index is 2.01. The predicted molar refractivity (Wildman–Crippen MR) is 85.1 cm³/mol. The fourth-order valence-corrected chi connectivity index (χ4v) is 1.66. The van der Waals surface area contributed by atoms with Crippen LogP contribution in [0.4, 0.5) is 17.1 Å². The lowest BCUT2D eigenvalue weighted by molar-refractivity contribution is -0.111. The van der Waals surface area contributed by atoms with Crippen molar-refractivity contribution in [2.24, 2.45) is 10.2 Å². The average Bonchev–Trinajstić information content (AvgIpc) is 2.47. The molecule has 0 aliphatic carbocycles. The number of allylic oxidation sites excluding steroid dienone is 1. The Morgan fingerprint density at radius 2 is 1.48 bits per heavy atom. The van der Waals surface area contributed by atoms with Crippen molar-refractivity contribution in [3.8, 4) is 0 Å². The van der Waals surface area contributed by atoms with E-state index in [4.69, 9.17) is 0 Å². The summed E-state index contributed by atoms with van der Waals surface area (Å²) in [5.41, 5.74) is 3.23. The third-order valence-electron chi connectivity index (χ3n) is 2.59. The number of hydrogen-bond donors (Lipinski definition) is 1. The van der Waals surface area contributed by atoms with E-state index in [0.717, 1.165) is 22.6 Å². The van der Waals surface area contributed by atoms with Gasteiger partial charge in [-0.15, -0.1) is 0 Å². The normalized spacial score (nSPS) is 10.4. The number of rotatable bonds is 4. The molecule has 0 heterocycles. The molecule has 0 fully saturated rings. The molecule has 2 aromatic carbocycles. The van der Waals surface area contributed by atoms with Gasteiger partial charge in [-0.3, -0.25) is 4.79 Å². The van der Waals surface area contributed by atoms with E-state index in [0.29, 0.717) is 0 Å². The largest absolute Gasteiger partial charge is 0.323 e. The van der Waals surface area contributed by atoms with Crippen molar-refractivity contribution in [1.82, 2.24) is 0 Å². The zero-order valence-electron chi connectivity index (χ0n) is 12.1. The van der Waals surface area contributed by atoms with Gasteiger partial charge in [-0.2, -0.15) is 10.2 Å². The van der Waals surface area contributed by atoms with Crippen molar-refractivity contribution in [2.75, 3.05) is 5.32 Å². The van der Waals surface area contributed by atoms with Crippen molar-refractivity contribution in [2.45, 2.75) is 13.8 Å². The molecule has 0 atom stereocenters. The highest BCUT2D eigenvalue weighted by atomic mass is 16.1. The van der Waals surface area contributed by atoms with E-state index in [1.807, 2.05) is 56.3 Å². The second kappa shape index (κ2) is 7.14. The molecule has 1 amide bonds. The van der Waals surface area contributed by atoms with Crippen molar-refractivity contribution in [3.63, 3.8) is 0 Å². The number of nitrogens with one attached hydrogen (secondary N) is 1. The summed E-state index contributed by atoms with van der Waals surface area (Å²) < 4.78 is 0. The smallest absolute Gasteiger partial charge is 0.248 e. The third-order valence-corrected chi connectivity index (χ3v) is 2.59. The van der Waals surface area contributed by atoms with Crippen LogP contribution in [0.2, 0.25) is 0 Å². The Labute approximate surface area is 124 Å². The molecule has 2 aromatic rings. The lowest BCUT2D eigenvalue weighted by Crippen LogP contribution is -2.07. The van der Waals surface area contributed by atoms with Crippen LogP contribution in [0, 0.1) is 0 Å². The van der Waals surface area contributed by atoms with Crippen LogP contribution in [-0.4, -0.2) is 5.91 Å². The average molecular weight is 279 g/mol. The number of carbonyl (C=O) groups is 1. The van der Waals surface area contributed by atoms with E-state index in [-0.39, 0.29) is 5.91 Å². The van der Waals surface area contributed by atoms with Crippen molar-refractivity contribution >= 4 is 23.0 Å². The third kappa shape index (κ3) is 5.03. The highest BCUT2D eigenvalue weighted by Crippen LogP contribution is 2.20. The van der Waals surface area contributed by atoms with Gasteiger partial charge < -0.3 is 5.32 Å². The lowest BCUT2D eigenvalue weighted by Gasteiger charge is -2.02. The second-order valence-electron chi connectivity index (χ2n) is 4.79. The predicted octanol–water partition coefficient (Wildman–Crippen LogP) is 5.01. The molecule has 0 saturated carbocycles. The molecule has 2 rings (SSSR count). The fraction of sp³-hybridized carbons (Fsp3) is 0.118. The maximum absolute atomic E-state index is 11.6. The monoisotopic (exact) mass is 279 g/mol. The Morgan fingerprint density at radius 3 is 2.05 bits per heavy atom. The van der Waals surface area contributed by atoms with Crippen LogP contribution in [0.15, 0.2) is 76.5 Å². The van der Waals surface area contributed by atoms with Crippen molar-refractivity contribution in [1.29, 1.82) is 0 Å². The molecule has 0 bridgehead atoms. The van der Waals surface area contributed by atoms with Gasteiger partial charge in [0.25, 0.3) is 0 Å². The van der Waals surface area contributed by atoms with Crippen LogP contribution in [0.3, 0.4) is 0 Å². The van der Waals surface area contributed by atoms with Gasteiger partial charge in [0, 0.05) is 11.8 Å². The highest BCUT2D eigenvalue weighted by molar-refractivity contribution is 5.99. The van der Waals surface area contributed by atoms with Crippen molar-refractivity contribution < 1.29 is 4.79 Å². The molecule has 0 aliphatic rings. The van der Waals surface area contributed by atoms with Gasteiger partial charge in [0.1, 0.15) is 0 Å². The maximum atomic E-state index is 11.6. The summed E-state index contributed by atoms with van der Waals surface area (Å²) in [6.07, 6.45) is 1.56. The van der Waals surface area contributed by atoms with Gasteiger partial charge >= 0.3 is 0 Å². The van der Waals surface area contributed by atoms with E-state index in [1.165, 1.54) is 0 Å². The summed E-state index contributed by atoms with van der Waals surface area (Å²) in [6, 6.07) is 16.8. The summed E-state index contributed by atoms with van der Waals surface area (Å²) in [4.78, 5) is 11.6. The molecule has 1 N–H and O–H groups in total. The highest BCUT2D eigenvalue weighted by Gasteiger charge is 1.98. The van der Waals surface area contributed by atoms with E-state index in [9.17, 15) is 4.79 Å². The summed E-state index contributed by atoms with van der Waals surface area (Å²) in [6.45, 7) is 3.76. The van der Waals surface area contributed by atoms with Crippen LogP contribution in [0.5, 0.6) is 0 Å². The molecule has 4 nitrogen and oxygen atoms in total. The van der Waals surface area contributed by atoms with Gasteiger partial charge in [-0.1, -0.05) is 23.8 Å². The van der Waals surface area contributed by atoms with Crippen LogP contribution < -0.4 is 5.32 Å². The molecule has 0 aromatic heterocycles. The minimum Gasteiger partial charge on any atom is -0.323 e. The number of benzene rings is 2. The number of hydrogen-bond acceptors (Lipinski definition) is 3. The van der Waals surface area contributed by atoms with Crippen LogP contribution in [-0.2, 0) is 4.79 Å². The molecule has 0 radical (unpaired) electrons. The number of carbonyl (C=O) groups excluding carboxylic acids is 1. The number of azo groups is 1. The van der Waals surface area contributed by atoms with Gasteiger partial charge in [0.05, 0.1) is 11.4 Å². The maximum Gasteiger partial charge on any atom is 0.248 e.